The van der Waals surface area contributed by atoms with Gasteiger partial charge in [0.2, 0.25) is 0 Å². The zero-order valence-electron chi connectivity index (χ0n) is 9.69. The average Bonchev–Trinajstić information content (AvgIpc) is 2.74. The van der Waals surface area contributed by atoms with Gasteiger partial charge in [-0.3, -0.25) is 4.79 Å². The van der Waals surface area contributed by atoms with E-state index in [9.17, 15) is 4.79 Å². The SMILES string of the molecule is CCCSCc1nc(CCC(=O)OC)cs1. The first-order valence-corrected chi connectivity index (χ1v) is 7.37. The Labute approximate surface area is 105 Å². The van der Waals surface area contributed by atoms with Crippen molar-refractivity contribution in [3.8, 4) is 0 Å². The van der Waals surface area contributed by atoms with Crippen molar-refractivity contribution in [2.75, 3.05) is 12.9 Å². The lowest BCUT2D eigenvalue weighted by molar-refractivity contribution is -0.140. The van der Waals surface area contributed by atoms with Crippen molar-refractivity contribution in [3.05, 3.63) is 16.1 Å². The lowest BCUT2D eigenvalue weighted by Gasteiger charge is -1.96. The number of aryl methyl sites for hydroxylation is 1. The zero-order valence-corrected chi connectivity index (χ0v) is 11.3. The van der Waals surface area contributed by atoms with E-state index in [1.54, 1.807) is 11.3 Å². The topological polar surface area (TPSA) is 39.2 Å². The van der Waals surface area contributed by atoms with E-state index < -0.39 is 0 Å². The van der Waals surface area contributed by atoms with Crippen LogP contribution in [-0.2, 0) is 21.7 Å². The van der Waals surface area contributed by atoms with Crippen molar-refractivity contribution in [1.29, 1.82) is 0 Å². The number of ether oxygens (including phenoxy) is 1. The summed E-state index contributed by atoms with van der Waals surface area (Å²) in [7, 11) is 1.41. The Morgan fingerprint density at radius 2 is 2.44 bits per heavy atom. The van der Waals surface area contributed by atoms with E-state index >= 15 is 0 Å². The number of esters is 1. The van der Waals surface area contributed by atoms with Gasteiger partial charge in [0, 0.05) is 17.6 Å². The average molecular weight is 259 g/mol. The first kappa shape index (κ1) is 13.5. The van der Waals surface area contributed by atoms with Crippen molar-refractivity contribution < 1.29 is 9.53 Å². The van der Waals surface area contributed by atoms with E-state index in [-0.39, 0.29) is 5.97 Å². The van der Waals surface area contributed by atoms with Crippen molar-refractivity contribution in [2.45, 2.75) is 31.9 Å². The molecule has 0 unspecified atom stereocenters. The van der Waals surface area contributed by atoms with E-state index in [0.717, 1.165) is 16.5 Å². The second-order valence-corrected chi connectivity index (χ2v) is 5.41. The number of nitrogens with zero attached hydrogens (tertiary/aromatic N) is 1. The van der Waals surface area contributed by atoms with E-state index in [1.807, 2.05) is 17.1 Å². The zero-order chi connectivity index (χ0) is 11.8. The smallest absolute Gasteiger partial charge is 0.305 e. The highest BCUT2D eigenvalue weighted by atomic mass is 32.2. The largest absolute Gasteiger partial charge is 0.469 e. The predicted molar refractivity (Wildman–Crippen MR) is 68.9 cm³/mol. The number of aromatic nitrogens is 1. The summed E-state index contributed by atoms with van der Waals surface area (Å²) in [4.78, 5) is 15.4. The minimum absolute atomic E-state index is 0.171. The molecule has 0 atom stereocenters. The van der Waals surface area contributed by atoms with Crippen LogP contribution in [0.4, 0.5) is 0 Å². The van der Waals surface area contributed by atoms with E-state index in [2.05, 4.69) is 16.6 Å². The molecule has 0 fully saturated rings. The van der Waals surface area contributed by atoms with Crippen molar-refractivity contribution >= 4 is 29.1 Å². The molecule has 0 amide bonds. The molecule has 0 saturated carbocycles. The van der Waals surface area contributed by atoms with Crippen LogP contribution in [-0.4, -0.2) is 23.8 Å². The lowest BCUT2D eigenvalue weighted by atomic mass is 10.2. The lowest BCUT2D eigenvalue weighted by Crippen LogP contribution is -2.02. The first-order valence-electron chi connectivity index (χ1n) is 5.34. The maximum Gasteiger partial charge on any atom is 0.305 e. The molecule has 1 heterocycles. The fourth-order valence-corrected chi connectivity index (χ4v) is 2.97. The molecule has 0 spiro atoms. The van der Waals surface area contributed by atoms with Crippen LogP contribution in [0.15, 0.2) is 5.38 Å². The summed E-state index contributed by atoms with van der Waals surface area (Å²) in [6.07, 6.45) is 2.30. The summed E-state index contributed by atoms with van der Waals surface area (Å²) in [5, 5.41) is 3.18. The molecule has 1 aromatic rings. The van der Waals surface area contributed by atoms with Crippen molar-refractivity contribution in [1.82, 2.24) is 4.98 Å². The number of thiazole rings is 1. The third kappa shape index (κ3) is 4.99. The Bertz CT molecular complexity index is 326. The summed E-state index contributed by atoms with van der Waals surface area (Å²) in [5.41, 5.74) is 1.00. The van der Waals surface area contributed by atoms with Crippen LogP contribution in [0, 0.1) is 0 Å². The monoisotopic (exact) mass is 259 g/mol. The van der Waals surface area contributed by atoms with Gasteiger partial charge in [-0.1, -0.05) is 6.92 Å². The summed E-state index contributed by atoms with van der Waals surface area (Å²) in [6.45, 7) is 2.18. The van der Waals surface area contributed by atoms with Crippen molar-refractivity contribution in [2.24, 2.45) is 0 Å². The number of carbonyl (C=O) groups is 1. The maximum absolute atomic E-state index is 11.0. The maximum atomic E-state index is 11.0. The molecule has 16 heavy (non-hydrogen) atoms. The molecule has 0 saturated heterocycles. The Balaban J connectivity index is 2.30. The van der Waals surface area contributed by atoms with Gasteiger partial charge in [0.15, 0.2) is 0 Å². The fraction of sp³-hybridized carbons (Fsp3) is 0.636. The van der Waals surface area contributed by atoms with E-state index in [0.29, 0.717) is 12.8 Å². The third-order valence-electron chi connectivity index (χ3n) is 1.99. The van der Waals surface area contributed by atoms with Gasteiger partial charge in [0.1, 0.15) is 5.01 Å². The molecule has 1 rings (SSSR count). The van der Waals surface area contributed by atoms with Gasteiger partial charge in [-0.15, -0.1) is 11.3 Å². The quantitative estimate of drug-likeness (QED) is 0.557. The van der Waals surface area contributed by atoms with E-state index in [4.69, 9.17) is 0 Å². The van der Waals surface area contributed by atoms with Crippen LogP contribution < -0.4 is 0 Å². The number of thioether (sulfide) groups is 1. The number of rotatable bonds is 7. The Morgan fingerprint density at radius 3 is 3.12 bits per heavy atom. The van der Waals surface area contributed by atoms with Crippen LogP contribution in [0.25, 0.3) is 0 Å². The van der Waals surface area contributed by atoms with Crippen LogP contribution in [0.5, 0.6) is 0 Å². The minimum Gasteiger partial charge on any atom is -0.469 e. The molecule has 0 aromatic carbocycles. The van der Waals surface area contributed by atoms with Gasteiger partial charge >= 0.3 is 5.97 Å². The van der Waals surface area contributed by atoms with Gasteiger partial charge in [0.25, 0.3) is 0 Å². The number of hydrogen-bond donors (Lipinski definition) is 0. The molecule has 0 aliphatic carbocycles. The Morgan fingerprint density at radius 1 is 1.62 bits per heavy atom. The highest BCUT2D eigenvalue weighted by molar-refractivity contribution is 7.98. The number of hydrogen-bond acceptors (Lipinski definition) is 5. The predicted octanol–water partition coefficient (Wildman–Crippen LogP) is 2.89. The molecular weight excluding hydrogens is 242 g/mol. The molecule has 0 bridgehead atoms. The molecular formula is C11H17NO2S2. The van der Waals surface area contributed by atoms with Gasteiger partial charge in [-0.05, 0) is 12.2 Å². The standard InChI is InChI=1S/C11H17NO2S2/c1-3-6-15-8-10-12-9(7-16-10)4-5-11(13)14-2/h7H,3-6,8H2,1-2H3. The van der Waals surface area contributed by atoms with E-state index in [1.165, 1.54) is 19.3 Å². The van der Waals surface area contributed by atoms with Gasteiger partial charge in [-0.25, -0.2) is 4.98 Å². The fourth-order valence-electron chi connectivity index (χ4n) is 1.17. The highest BCUT2D eigenvalue weighted by Gasteiger charge is 2.05. The molecule has 90 valence electrons. The molecule has 0 radical (unpaired) electrons. The summed E-state index contributed by atoms with van der Waals surface area (Å²) in [5.74, 6) is 1.99. The summed E-state index contributed by atoms with van der Waals surface area (Å²) in [6, 6.07) is 0. The van der Waals surface area contributed by atoms with Crippen molar-refractivity contribution in [3.63, 3.8) is 0 Å². The normalized spacial score (nSPS) is 10.4. The highest BCUT2D eigenvalue weighted by Crippen LogP contribution is 2.18. The molecule has 0 N–H and O–H groups in total. The Kier molecular flexibility index (Phi) is 6.49. The van der Waals surface area contributed by atoms with Gasteiger partial charge < -0.3 is 4.74 Å². The second kappa shape index (κ2) is 7.68. The minimum atomic E-state index is -0.171. The Hall–Kier alpha value is -0.550. The number of methoxy groups -OCH3 is 1. The van der Waals surface area contributed by atoms with Gasteiger partial charge in [0.05, 0.1) is 19.2 Å². The van der Waals surface area contributed by atoms with Crippen LogP contribution in [0.3, 0.4) is 0 Å². The van der Waals surface area contributed by atoms with Crippen LogP contribution in [0.2, 0.25) is 0 Å². The first-order chi connectivity index (χ1) is 7.76. The van der Waals surface area contributed by atoms with Crippen LogP contribution in [0.1, 0.15) is 30.5 Å². The second-order valence-electron chi connectivity index (χ2n) is 3.36. The molecule has 3 nitrogen and oxygen atoms in total. The van der Waals surface area contributed by atoms with Gasteiger partial charge in [-0.2, -0.15) is 11.8 Å². The molecule has 0 aliphatic heterocycles. The summed E-state index contributed by atoms with van der Waals surface area (Å²) < 4.78 is 4.59. The molecule has 5 heteroatoms. The number of carbonyl (C=O) groups excluding carboxylic acids is 1. The molecule has 1 aromatic heterocycles. The summed E-state index contributed by atoms with van der Waals surface area (Å²) >= 11 is 3.58. The molecule has 0 aliphatic rings. The van der Waals surface area contributed by atoms with Crippen LogP contribution >= 0.6 is 23.1 Å². The third-order valence-corrected chi connectivity index (χ3v) is 4.24.